The highest BCUT2D eigenvalue weighted by Gasteiger charge is 2.20. The van der Waals surface area contributed by atoms with Gasteiger partial charge in [-0.05, 0) is 101 Å². The van der Waals surface area contributed by atoms with Crippen LogP contribution in [0.1, 0.15) is 0 Å². The first-order valence-electron chi connectivity index (χ1n) is 20.1. The fraction of sp³-hybridized carbons (Fsp3) is 0. The van der Waals surface area contributed by atoms with Gasteiger partial charge in [-0.25, -0.2) is 4.98 Å². The highest BCUT2D eigenvalue weighted by atomic mass is 16.4. The third kappa shape index (κ3) is 5.59. The Morgan fingerprint density at radius 1 is 0.317 bits per heavy atom. The van der Waals surface area contributed by atoms with E-state index in [-0.39, 0.29) is 0 Å². The van der Waals surface area contributed by atoms with E-state index in [1.165, 1.54) is 11.1 Å². The number of furan rings is 2. The third-order valence-corrected chi connectivity index (χ3v) is 11.5. The van der Waals surface area contributed by atoms with Gasteiger partial charge in [0.2, 0.25) is 5.89 Å². The van der Waals surface area contributed by atoms with Crippen molar-refractivity contribution in [1.29, 1.82) is 0 Å². The molecule has 9 aromatic carbocycles. The van der Waals surface area contributed by atoms with Crippen molar-refractivity contribution in [1.82, 2.24) is 4.98 Å². The lowest BCUT2D eigenvalue weighted by Crippen LogP contribution is -2.09. The summed E-state index contributed by atoms with van der Waals surface area (Å²) in [6.07, 6.45) is 0. The van der Waals surface area contributed by atoms with E-state index < -0.39 is 0 Å². The first-order chi connectivity index (χ1) is 29.7. The van der Waals surface area contributed by atoms with Crippen molar-refractivity contribution >= 4 is 72.0 Å². The number of anilines is 3. The van der Waals surface area contributed by atoms with Gasteiger partial charge in [0.25, 0.3) is 0 Å². The van der Waals surface area contributed by atoms with Crippen molar-refractivity contribution < 1.29 is 13.3 Å². The summed E-state index contributed by atoms with van der Waals surface area (Å²) in [4.78, 5) is 7.13. The van der Waals surface area contributed by atoms with E-state index in [0.29, 0.717) is 5.89 Å². The Morgan fingerprint density at radius 2 is 0.850 bits per heavy atom. The third-order valence-electron chi connectivity index (χ3n) is 11.5. The molecule has 12 rings (SSSR count). The average molecular weight is 771 g/mol. The Morgan fingerprint density at radius 3 is 1.57 bits per heavy atom. The molecule has 5 nitrogen and oxygen atoms in total. The molecule has 0 saturated heterocycles. The summed E-state index contributed by atoms with van der Waals surface area (Å²) in [5.41, 5.74) is 15.7. The Kier molecular flexibility index (Phi) is 7.78. The van der Waals surface area contributed by atoms with E-state index in [1.807, 2.05) is 66.7 Å². The number of benzene rings is 9. The van der Waals surface area contributed by atoms with Crippen molar-refractivity contribution in [3.05, 3.63) is 206 Å². The Bertz CT molecular complexity index is 3510. The summed E-state index contributed by atoms with van der Waals surface area (Å²) in [7, 11) is 0. The molecule has 0 saturated carbocycles. The average Bonchev–Trinajstić information content (AvgIpc) is 4.04. The second-order valence-electron chi connectivity index (χ2n) is 15.1. The van der Waals surface area contributed by atoms with Gasteiger partial charge in [0.05, 0.1) is 5.39 Å². The maximum absolute atomic E-state index is 6.61. The molecule has 282 valence electrons. The predicted octanol–water partition coefficient (Wildman–Crippen LogP) is 15.8. The van der Waals surface area contributed by atoms with Crippen LogP contribution in [0.25, 0.3) is 99.8 Å². The fourth-order valence-electron chi connectivity index (χ4n) is 8.68. The molecule has 0 aliphatic heterocycles. The van der Waals surface area contributed by atoms with Crippen LogP contribution in [0, 0.1) is 0 Å². The minimum Gasteiger partial charge on any atom is -0.456 e. The summed E-state index contributed by atoms with van der Waals surface area (Å²) in [6.45, 7) is 0. The van der Waals surface area contributed by atoms with Gasteiger partial charge in [-0.1, -0.05) is 133 Å². The molecule has 0 amide bonds. The van der Waals surface area contributed by atoms with Gasteiger partial charge in [-0.15, -0.1) is 0 Å². The molecule has 0 fully saturated rings. The Hall–Kier alpha value is -8.15. The van der Waals surface area contributed by atoms with Gasteiger partial charge in [0.1, 0.15) is 27.8 Å². The van der Waals surface area contributed by atoms with E-state index >= 15 is 0 Å². The van der Waals surface area contributed by atoms with Crippen molar-refractivity contribution in [3.63, 3.8) is 0 Å². The van der Waals surface area contributed by atoms with E-state index in [4.69, 9.17) is 18.2 Å². The number of nitrogens with zero attached hydrogens (tertiary/aromatic N) is 2. The molecular weight excluding hydrogens is 737 g/mol. The van der Waals surface area contributed by atoms with Crippen LogP contribution in [-0.4, -0.2) is 4.98 Å². The van der Waals surface area contributed by atoms with Crippen molar-refractivity contribution in [2.75, 3.05) is 4.90 Å². The highest BCUT2D eigenvalue weighted by Crippen LogP contribution is 2.43. The van der Waals surface area contributed by atoms with Crippen molar-refractivity contribution in [2.45, 2.75) is 0 Å². The van der Waals surface area contributed by atoms with Gasteiger partial charge in [-0.3, -0.25) is 0 Å². The minimum atomic E-state index is 0.594. The molecule has 0 N–H and O–H groups in total. The number of fused-ring (bicyclic) bond motifs is 8. The summed E-state index contributed by atoms with van der Waals surface area (Å²) in [6, 6.07) is 71.7. The molecule has 0 aliphatic carbocycles. The maximum atomic E-state index is 6.61. The van der Waals surface area contributed by atoms with Gasteiger partial charge in [0, 0.05) is 44.3 Å². The van der Waals surface area contributed by atoms with E-state index in [1.54, 1.807) is 0 Å². The molecular formula is C55H34N2O3. The Labute approximate surface area is 345 Å². The number of para-hydroxylation sites is 2. The second-order valence-corrected chi connectivity index (χ2v) is 15.1. The molecule has 0 radical (unpaired) electrons. The summed E-state index contributed by atoms with van der Waals surface area (Å²) in [5.74, 6) is 0.594. The van der Waals surface area contributed by atoms with Crippen LogP contribution < -0.4 is 4.90 Å². The fourth-order valence-corrected chi connectivity index (χ4v) is 8.68. The molecule has 0 bridgehead atoms. The number of aromatic nitrogens is 1. The van der Waals surface area contributed by atoms with Gasteiger partial charge in [0.15, 0.2) is 5.58 Å². The van der Waals surface area contributed by atoms with Crippen LogP contribution in [-0.2, 0) is 0 Å². The van der Waals surface area contributed by atoms with E-state index in [0.717, 1.165) is 99.9 Å². The van der Waals surface area contributed by atoms with Crippen molar-refractivity contribution in [2.24, 2.45) is 0 Å². The van der Waals surface area contributed by atoms with Crippen LogP contribution in [0.15, 0.2) is 220 Å². The number of hydrogen-bond acceptors (Lipinski definition) is 5. The zero-order chi connectivity index (χ0) is 39.6. The minimum absolute atomic E-state index is 0.594. The standard InChI is InChI=1S/C55H34N2O3/c1-3-11-35(12-4-1)36-21-27-40(28-22-36)57(41-29-23-37(24-30-41)43-16-10-20-49-51(43)45-15-7-8-19-48(45)58-49)42-31-25-38(26-32-42)44-17-9-18-46-52-50(59-53(44)46)34-33-47-54(52)60-55(56-47)39-13-5-2-6-14-39/h1-34H. The first-order valence-corrected chi connectivity index (χ1v) is 20.1. The maximum Gasteiger partial charge on any atom is 0.227 e. The molecule has 0 spiro atoms. The summed E-state index contributed by atoms with van der Waals surface area (Å²) >= 11 is 0. The quantitative estimate of drug-likeness (QED) is 0.162. The van der Waals surface area contributed by atoms with Crippen LogP contribution >= 0.6 is 0 Å². The van der Waals surface area contributed by atoms with Gasteiger partial charge < -0.3 is 18.2 Å². The SMILES string of the molecule is c1ccc(-c2ccc(N(c3ccc(-c4cccc5c4oc4ccc6nc(-c7ccccc7)oc6c45)cc3)c3ccc(-c4cccc5oc6ccccc6c45)cc3)cc2)cc1. The topological polar surface area (TPSA) is 55.6 Å². The molecule has 0 atom stereocenters. The van der Waals surface area contributed by atoms with Crippen LogP contribution in [0.2, 0.25) is 0 Å². The number of oxazole rings is 1. The van der Waals surface area contributed by atoms with Crippen LogP contribution in [0.4, 0.5) is 17.1 Å². The zero-order valence-corrected chi connectivity index (χ0v) is 32.2. The lowest BCUT2D eigenvalue weighted by atomic mass is 9.99. The molecule has 60 heavy (non-hydrogen) atoms. The number of hydrogen-bond donors (Lipinski definition) is 0. The van der Waals surface area contributed by atoms with Crippen LogP contribution in [0.5, 0.6) is 0 Å². The largest absolute Gasteiger partial charge is 0.456 e. The normalized spacial score (nSPS) is 11.7. The zero-order valence-electron chi connectivity index (χ0n) is 32.2. The molecule has 12 aromatic rings. The lowest BCUT2D eigenvalue weighted by molar-refractivity contribution is 0.622. The second kappa shape index (κ2) is 13.8. The first kappa shape index (κ1) is 33.9. The highest BCUT2D eigenvalue weighted by molar-refractivity contribution is 6.18. The van der Waals surface area contributed by atoms with E-state index in [2.05, 4.69) is 144 Å². The monoisotopic (exact) mass is 770 g/mol. The molecule has 3 heterocycles. The van der Waals surface area contributed by atoms with Gasteiger partial charge in [-0.2, -0.15) is 0 Å². The predicted molar refractivity (Wildman–Crippen MR) is 245 cm³/mol. The molecule has 0 aliphatic rings. The summed E-state index contributed by atoms with van der Waals surface area (Å²) in [5, 5.41) is 4.18. The summed E-state index contributed by atoms with van der Waals surface area (Å²) < 4.78 is 19.3. The Balaban J connectivity index is 0.941. The number of rotatable bonds is 7. The lowest BCUT2D eigenvalue weighted by Gasteiger charge is -2.26. The molecule has 3 aromatic heterocycles. The van der Waals surface area contributed by atoms with E-state index in [9.17, 15) is 0 Å². The van der Waals surface area contributed by atoms with Crippen LogP contribution in [0.3, 0.4) is 0 Å². The van der Waals surface area contributed by atoms with Gasteiger partial charge >= 0.3 is 0 Å². The smallest absolute Gasteiger partial charge is 0.227 e. The molecule has 5 heteroatoms. The van der Waals surface area contributed by atoms with Crippen molar-refractivity contribution in [3.8, 4) is 44.8 Å². The molecule has 0 unspecified atom stereocenters.